The van der Waals surface area contributed by atoms with Crippen molar-refractivity contribution in [1.82, 2.24) is 15.5 Å². The lowest BCUT2D eigenvalue weighted by atomic mass is 10.2. The van der Waals surface area contributed by atoms with Gasteiger partial charge in [0.15, 0.2) is 0 Å². The summed E-state index contributed by atoms with van der Waals surface area (Å²) >= 11 is 0. The van der Waals surface area contributed by atoms with Gasteiger partial charge in [0.25, 0.3) is 0 Å². The van der Waals surface area contributed by atoms with Crippen molar-refractivity contribution < 1.29 is 4.42 Å². The van der Waals surface area contributed by atoms with Crippen LogP contribution in [0.15, 0.2) is 4.42 Å². The number of aromatic nitrogens is 2. The molecular weight excluding hydrogens is 228 g/mol. The van der Waals surface area contributed by atoms with Gasteiger partial charge in [-0.25, -0.2) is 0 Å². The Morgan fingerprint density at radius 2 is 2.06 bits per heavy atom. The van der Waals surface area contributed by atoms with Gasteiger partial charge >= 0.3 is 6.01 Å². The van der Waals surface area contributed by atoms with E-state index in [0.717, 1.165) is 26.1 Å². The van der Waals surface area contributed by atoms with E-state index in [0.29, 0.717) is 24.4 Å². The van der Waals surface area contributed by atoms with Gasteiger partial charge in [0.2, 0.25) is 5.89 Å². The van der Waals surface area contributed by atoms with E-state index in [-0.39, 0.29) is 0 Å². The number of rotatable bonds is 9. The van der Waals surface area contributed by atoms with Crippen molar-refractivity contribution >= 4 is 6.01 Å². The third-order valence-electron chi connectivity index (χ3n) is 2.72. The zero-order valence-corrected chi connectivity index (χ0v) is 12.1. The molecule has 5 nitrogen and oxygen atoms in total. The Kier molecular flexibility index (Phi) is 6.72. The Hall–Kier alpha value is -1.10. The van der Waals surface area contributed by atoms with Crippen LogP contribution in [0.4, 0.5) is 6.01 Å². The van der Waals surface area contributed by atoms with Crippen LogP contribution in [0.1, 0.15) is 46.4 Å². The fourth-order valence-electron chi connectivity index (χ4n) is 1.65. The van der Waals surface area contributed by atoms with Crippen LogP contribution < -0.4 is 10.2 Å². The van der Waals surface area contributed by atoms with Crippen molar-refractivity contribution in [3.63, 3.8) is 0 Å². The third kappa shape index (κ3) is 5.04. The molecule has 0 aliphatic rings. The van der Waals surface area contributed by atoms with Crippen molar-refractivity contribution in [1.29, 1.82) is 0 Å². The molecule has 18 heavy (non-hydrogen) atoms. The highest BCUT2D eigenvalue weighted by Crippen LogP contribution is 2.12. The maximum Gasteiger partial charge on any atom is 0.318 e. The molecule has 1 heterocycles. The molecule has 0 aromatic carbocycles. The number of unbranched alkanes of at least 4 members (excludes halogenated alkanes) is 1. The topological polar surface area (TPSA) is 54.2 Å². The van der Waals surface area contributed by atoms with E-state index >= 15 is 0 Å². The van der Waals surface area contributed by atoms with Crippen LogP contribution in [0.2, 0.25) is 0 Å². The van der Waals surface area contributed by atoms with E-state index in [9.17, 15) is 0 Å². The second-order valence-electron chi connectivity index (χ2n) is 4.94. The van der Waals surface area contributed by atoms with Gasteiger partial charge in [-0.05, 0) is 25.8 Å². The lowest BCUT2D eigenvalue weighted by molar-refractivity contribution is 0.446. The van der Waals surface area contributed by atoms with Gasteiger partial charge in [-0.3, -0.25) is 0 Å². The van der Waals surface area contributed by atoms with Crippen LogP contribution in [-0.4, -0.2) is 29.8 Å². The number of hydrogen-bond donors (Lipinski definition) is 1. The normalized spacial score (nSPS) is 11.2. The first-order valence-electron chi connectivity index (χ1n) is 6.95. The molecule has 0 aliphatic heterocycles. The van der Waals surface area contributed by atoms with E-state index in [4.69, 9.17) is 4.42 Å². The fourth-order valence-corrected chi connectivity index (χ4v) is 1.65. The van der Waals surface area contributed by atoms with E-state index in [1.807, 2.05) is 0 Å². The fraction of sp³-hybridized carbons (Fsp3) is 0.846. The van der Waals surface area contributed by atoms with E-state index in [1.54, 1.807) is 0 Å². The lowest BCUT2D eigenvalue weighted by Gasteiger charge is -2.16. The predicted molar refractivity (Wildman–Crippen MR) is 73.6 cm³/mol. The highest BCUT2D eigenvalue weighted by molar-refractivity contribution is 5.23. The van der Waals surface area contributed by atoms with E-state index < -0.39 is 0 Å². The Balaban J connectivity index is 2.45. The lowest BCUT2D eigenvalue weighted by Crippen LogP contribution is -2.24. The quantitative estimate of drug-likeness (QED) is 0.733. The van der Waals surface area contributed by atoms with Crippen LogP contribution in [-0.2, 0) is 6.54 Å². The van der Waals surface area contributed by atoms with E-state index in [1.165, 1.54) is 6.42 Å². The smallest absolute Gasteiger partial charge is 0.318 e. The average Bonchev–Trinajstić information content (AvgIpc) is 2.78. The van der Waals surface area contributed by atoms with Gasteiger partial charge in [0.05, 0.1) is 6.54 Å². The number of hydrogen-bond acceptors (Lipinski definition) is 5. The van der Waals surface area contributed by atoms with Gasteiger partial charge in [0, 0.05) is 13.1 Å². The van der Waals surface area contributed by atoms with Gasteiger partial charge < -0.3 is 14.6 Å². The Bertz CT molecular complexity index is 325. The summed E-state index contributed by atoms with van der Waals surface area (Å²) in [5.74, 6) is 1.30. The zero-order valence-electron chi connectivity index (χ0n) is 12.1. The number of nitrogens with one attached hydrogen (secondary N) is 1. The summed E-state index contributed by atoms with van der Waals surface area (Å²) in [6, 6.07) is 0.646. The predicted octanol–water partition coefficient (Wildman–Crippen LogP) is 2.44. The summed E-state index contributed by atoms with van der Waals surface area (Å²) in [5, 5.41) is 11.5. The minimum Gasteiger partial charge on any atom is -0.407 e. The van der Waals surface area contributed by atoms with Gasteiger partial charge in [-0.1, -0.05) is 32.3 Å². The summed E-state index contributed by atoms with van der Waals surface area (Å²) in [4.78, 5) is 2.13. The van der Waals surface area contributed by atoms with Crippen molar-refractivity contribution in [2.45, 2.75) is 47.1 Å². The minimum atomic E-state index is 0.629. The molecule has 0 aliphatic carbocycles. The zero-order chi connectivity index (χ0) is 13.4. The summed E-state index contributed by atoms with van der Waals surface area (Å²) < 4.78 is 5.66. The first kappa shape index (κ1) is 15.0. The molecule has 0 bridgehead atoms. The molecule has 104 valence electrons. The highest BCUT2D eigenvalue weighted by atomic mass is 16.4. The second kappa shape index (κ2) is 8.08. The maximum atomic E-state index is 5.66. The van der Waals surface area contributed by atoms with Crippen LogP contribution in [0.25, 0.3) is 0 Å². The van der Waals surface area contributed by atoms with E-state index in [2.05, 4.69) is 48.1 Å². The monoisotopic (exact) mass is 254 g/mol. The third-order valence-corrected chi connectivity index (χ3v) is 2.72. The second-order valence-corrected chi connectivity index (χ2v) is 4.94. The number of nitrogens with zero attached hydrogens (tertiary/aromatic N) is 3. The molecule has 1 rings (SSSR count). The van der Waals surface area contributed by atoms with Crippen molar-refractivity contribution in [2.24, 2.45) is 5.92 Å². The molecular formula is C13H26N4O. The summed E-state index contributed by atoms with van der Waals surface area (Å²) in [6.45, 7) is 12.1. The summed E-state index contributed by atoms with van der Waals surface area (Å²) in [5.41, 5.74) is 0. The van der Waals surface area contributed by atoms with Crippen molar-refractivity contribution in [3.05, 3.63) is 5.89 Å². The van der Waals surface area contributed by atoms with Crippen LogP contribution in [0.5, 0.6) is 0 Å². The molecule has 0 amide bonds. The molecule has 1 N–H and O–H groups in total. The summed E-state index contributed by atoms with van der Waals surface area (Å²) in [6.07, 6.45) is 2.32. The largest absolute Gasteiger partial charge is 0.407 e. The van der Waals surface area contributed by atoms with Gasteiger partial charge in [-0.15, -0.1) is 5.10 Å². The molecule has 1 aromatic heterocycles. The van der Waals surface area contributed by atoms with Crippen molar-refractivity contribution in [3.8, 4) is 0 Å². The molecule has 5 heteroatoms. The number of anilines is 1. The minimum absolute atomic E-state index is 0.629. The van der Waals surface area contributed by atoms with Crippen molar-refractivity contribution in [2.75, 3.05) is 24.5 Å². The van der Waals surface area contributed by atoms with Gasteiger partial charge in [0.1, 0.15) is 0 Å². The molecule has 0 radical (unpaired) electrons. The molecule has 0 saturated carbocycles. The summed E-state index contributed by atoms with van der Waals surface area (Å²) in [7, 11) is 0. The molecule has 0 fully saturated rings. The molecule has 0 spiro atoms. The van der Waals surface area contributed by atoms with Crippen LogP contribution >= 0.6 is 0 Å². The SMILES string of the molecule is CCCCN(CC)c1nnc(CNCC(C)C)o1. The Morgan fingerprint density at radius 1 is 1.28 bits per heavy atom. The molecule has 0 saturated heterocycles. The average molecular weight is 254 g/mol. The Labute approximate surface area is 110 Å². The Morgan fingerprint density at radius 3 is 2.67 bits per heavy atom. The van der Waals surface area contributed by atoms with Gasteiger partial charge in [-0.2, -0.15) is 0 Å². The molecule has 1 aromatic rings. The first-order valence-corrected chi connectivity index (χ1v) is 6.95. The molecule has 0 atom stereocenters. The van der Waals surface area contributed by atoms with Crippen LogP contribution in [0, 0.1) is 5.92 Å². The highest BCUT2D eigenvalue weighted by Gasteiger charge is 2.12. The molecule has 0 unspecified atom stereocenters. The van der Waals surface area contributed by atoms with Crippen LogP contribution in [0.3, 0.4) is 0 Å². The standard InChI is InChI=1S/C13H26N4O/c1-5-7-8-17(6-2)13-16-15-12(18-13)10-14-9-11(3)4/h11,14H,5-10H2,1-4H3. The maximum absolute atomic E-state index is 5.66. The first-order chi connectivity index (χ1) is 8.67.